The molecule has 0 unspecified atom stereocenters. The Morgan fingerprint density at radius 3 is 2.50 bits per heavy atom. The van der Waals surface area contributed by atoms with Crippen molar-refractivity contribution in [2.24, 2.45) is 0 Å². The van der Waals surface area contributed by atoms with Gasteiger partial charge in [0.1, 0.15) is 35.9 Å². The van der Waals surface area contributed by atoms with Crippen LogP contribution in [0.25, 0.3) is 0 Å². The lowest BCUT2D eigenvalue weighted by Gasteiger charge is -2.36. The van der Waals surface area contributed by atoms with E-state index in [4.69, 9.17) is 11.6 Å². The highest BCUT2D eigenvalue weighted by molar-refractivity contribution is 6.30. The minimum Gasteiger partial charge on any atom is -0.388 e. The molecule has 2 atom stereocenters. The summed E-state index contributed by atoms with van der Waals surface area (Å²) < 4.78 is 31.5. The minimum atomic E-state index is -1.49. The first-order valence-electron chi connectivity index (χ1n) is 12.1. The highest BCUT2D eigenvalue weighted by atomic mass is 35.5. The quantitative estimate of drug-likeness (QED) is 0.386. The molecule has 4 aromatic rings. The van der Waals surface area contributed by atoms with Gasteiger partial charge in [-0.2, -0.15) is 10.2 Å². The molecule has 1 aliphatic rings. The van der Waals surface area contributed by atoms with Gasteiger partial charge in [0.05, 0.1) is 18.3 Å². The second-order valence-corrected chi connectivity index (χ2v) is 9.77. The number of anilines is 1. The summed E-state index contributed by atoms with van der Waals surface area (Å²) in [6.45, 7) is 3.85. The smallest absolute Gasteiger partial charge is 0.257 e. The molecular formula is C26H26ClF2N7O2. The predicted octanol–water partition coefficient (Wildman–Crippen LogP) is 3.19. The van der Waals surface area contributed by atoms with Gasteiger partial charge in [-0.15, -0.1) is 0 Å². The Morgan fingerprint density at radius 2 is 1.84 bits per heavy atom. The Labute approximate surface area is 222 Å². The van der Waals surface area contributed by atoms with Gasteiger partial charge in [-0.25, -0.2) is 13.8 Å². The molecule has 1 amide bonds. The summed E-state index contributed by atoms with van der Waals surface area (Å²) in [5, 5.41) is 20.3. The maximum atomic E-state index is 15.0. The molecule has 0 spiro atoms. The molecule has 1 aliphatic heterocycles. The van der Waals surface area contributed by atoms with E-state index in [1.807, 2.05) is 24.3 Å². The van der Waals surface area contributed by atoms with Crippen molar-refractivity contribution >= 4 is 23.2 Å². The number of nitrogens with zero attached hydrogens (tertiary/aromatic N) is 7. The summed E-state index contributed by atoms with van der Waals surface area (Å²) in [5.74, 6) is -1.81. The highest BCUT2D eigenvalue weighted by Crippen LogP contribution is 2.33. The number of hydrogen-bond acceptors (Lipinski definition) is 6. The number of halogens is 3. The van der Waals surface area contributed by atoms with Gasteiger partial charge in [0.2, 0.25) is 0 Å². The number of amides is 1. The van der Waals surface area contributed by atoms with Crippen molar-refractivity contribution < 1.29 is 18.7 Å². The summed E-state index contributed by atoms with van der Waals surface area (Å²) >= 11 is 5.99. The second kappa shape index (κ2) is 10.5. The van der Waals surface area contributed by atoms with E-state index in [1.54, 1.807) is 11.8 Å². The lowest BCUT2D eigenvalue weighted by Crippen LogP contribution is -2.49. The van der Waals surface area contributed by atoms with Gasteiger partial charge in [0.25, 0.3) is 5.91 Å². The fraction of sp³-hybridized carbons (Fsp3) is 0.308. The lowest BCUT2D eigenvalue weighted by molar-refractivity contribution is 0.0438. The van der Waals surface area contributed by atoms with Crippen LogP contribution in [-0.2, 0) is 12.1 Å². The molecule has 5 rings (SSSR count). The number of piperazine rings is 1. The maximum Gasteiger partial charge on any atom is 0.257 e. The van der Waals surface area contributed by atoms with Gasteiger partial charge in [-0.3, -0.25) is 14.2 Å². The fourth-order valence-electron chi connectivity index (χ4n) is 4.73. The first kappa shape index (κ1) is 25.8. The molecule has 0 aliphatic carbocycles. The van der Waals surface area contributed by atoms with Crippen LogP contribution in [-0.4, -0.2) is 72.7 Å². The number of rotatable bonds is 7. The molecule has 198 valence electrons. The van der Waals surface area contributed by atoms with Crippen LogP contribution in [0.5, 0.6) is 0 Å². The lowest BCUT2D eigenvalue weighted by atomic mass is 9.85. The van der Waals surface area contributed by atoms with Crippen molar-refractivity contribution in [1.82, 2.24) is 29.4 Å². The minimum absolute atomic E-state index is 0.0187. The van der Waals surface area contributed by atoms with Crippen molar-refractivity contribution in [3.63, 3.8) is 0 Å². The van der Waals surface area contributed by atoms with Crippen LogP contribution in [0.3, 0.4) is 0 Å². The van der Waals surface area contributed by atoms with Crippen LogP contribution in [0.1, 0.15) is 22.8 Å². The van der Waals surface area contributed by atoms with Crippen molar-refractivity contribution in [1.29, 1.82) is 0 Å². The molecule has 2 aromatic heterocycles. The molecule has 0 radical (unpaired) electrons. The van der Waals surface area contributed by atoms with E-state index in [2.05, 4.69) is 20.1 Å². The number of hydrogen-bond donors (Lipinski definition) is 1. The number of benzene rings is 2. The summed E-state index contributed by atoms with van der Waals surface area (Å²) in [4.78, 5) is 21.1. The van der Waals surface area contributed by atoms with E-state index >= 15 is 4.39 Å². The van der Waals surface area contributed by atoms with E-state index in [9.17, 15) is 14.3 Å². The van der Waals surface area contributed by atoms with Crippen molar-refractivity contribution in [3.8, 4) is 0 Å². The molecule has 1 fully saturated rings. The maximum absolute atomic E-state index is 15.0. The highest BCUT2D eigenvalue weighted by Gasteiger charge is 2.41. The average Bonchev–Trinajstić information content (AvgIpc) is 3.61. The van der Waals surface area contributed by atoms with Gasteiger partial charge in [-0.1, -0.05) is 17.7 Å². The van der Waals surface area contributed by atoms with E-state index in [1.165, 1.54) is 40.5 Å². The standard InChI is InChI=1S/C26H26ClF2N7O2/c1-26(22-7-4-20(28)12-23(22)29,24(37)15-35-17-30-16-32-35)36-14-18(13-31-36)25(38)34-10-8-33(9-11-34)21-5-2-19(27)3-6-21/h2-7,12-14,16-17,24,37H,8-11,15H2,1H3/t24-,26-/m1/s1. The molecule has 0 saturated carbocycles. The molecular weight excluding hydrogens is 516 g/mol. The average molecular weight is 542 g/mol. The Balaban J connectivity index is 1.38. The molecule has 3 heterocycles. The first-order valence-corrected chi connectivity index (χ1v) is 12.4. The Bertz CT molecular complexity index is 1410. The third kappa shape index (κ3) is 4.99. The van der Waals surface area contributed by atoms with Crippen LogP contribution in [0.15, 0.2) is 67.5 Å². The summed E-state index contributed by atoms with van der Waals surface area (Å²) in [6.07, 6.45) is 4.37. The third-order valence-electron chi connectivity index (χ3n) is 7.02. The van der Waals surface area contributed by atoms with Crippen molar-refractivity contribution in [2.75, 3.05) is 31.1 Å². The summed E-state index contributed by atoms with van der Waals surface area (Å²) in [7, 11) is 0. The number of aliphatic hydroxyl groups is 1. The number of carbonyl (C=O) groups is 1. The van der Waals surface area contributed by atoms with Crippen LogP contribution >= 0.6 is 11.6 Å². The predicted molar refractivity (Wildman–Crippen MR) is 137 cm³/mol. The molecule has 2 aromatic carbocycles. The SMILES string of the molecule is C[C@@](c1ccc(F)cc1F)([C@H](O)Cn1cncn1)n1cc(C(=O)N2CCN(c3ccc(Cl)cc3)CC2)cn1. The molecule has 12 heteroatoms. The normalized spacial score (nSPS) is 16.3. The van der Waals surface area contributed by atoms with E-state index in [0.29, 0.717) is 36.8 Å². The van der Waals surface area contributed by atoms with Crippen LogP contribution in [0.2, 0.25) is 5.02 Å². The van der Waals surface area contributed by atoms with Gasteiger partial charge in [0.15, 0.2) is 0 Å². The van der Waals surface area contributed by atoms with Crippen LogP contribution < -0.4 is 4.90 Å². The molecule has 38 heavy (non-hydrogen) atoms. The molecule has 1 saturated heterocycles. The van der Waals surface area contributed by atoms with Gasteiger partial charge >= 0.3 is 0 Å². The zero-order valence-corrected chi connectivity index (χ0v) is 21.3. The van der Waals surface area contributed by atoms with Crippen molar-refractivity contribution in [3.05, 3.63) is 95.3 Å². The third-order valence-corrected chi connectivity index (χ3v) is 7.27. The summed E-state index contributed by atoms with van der Waals surface area (Å²) in [5.41, 5.74) is -0.139. The number of aliphatic hydroxyl groups excluding tert-OH is 1. The zero-order chi connectivity index (χ0) is 26.9. The zero-order valence-electron chi connectivity index (χ0n) is 20.6. The topological polar surface area (TPSA) is 92.3 Å². The Kier molecular flexibility index (Phi) is 7.13. The first-order chi connectivity index (χ1) is 18.3. The van der Waals surface area contributed by atoms with Crippen LogP contribution in [0, 0.1) is 11.6 Å². The second-order valence-electron chi connectivity index (χ2n) is 9.33. The molecule has 1 N–H and O–H groups in total. The number of aromatic nitrogens is 5. The van der Waals surface area contributed by atoms with E-state index in [-0.39, 0.29) is 18.0 Å². The number of carbonyl (C=O) groups excluding carboxylic acids is 1. The largest absolute Gasteiger partial charge is 0.388 e. The van der Waals surface area contributed by atoms with E-state index in [0.717, 1.165) is 17.8 Å². The van der Waals surface area contributed by atoms with Gasteiger partial charge < -0.3 is 14.9 Å². The van der Waals surface area contributed by atoms with Crippen LogP contribution in [0.4, 0.5) is 14.5 Å². The monoisotopic (exact) mass is 541 g/mol. The fourth-order valence-corrected chi connectivity index (χ4v) is 4.85. The van der Waals surface area contributed by atoms with E-state index < -0.39 is 23.3 Å². The Hall–Kier alpha value is -3.83. The van der Waals surface area contributed by atoms with Gasteiger partial charge in [-0.05, 0) is 37.3 Å². The van der Waals surface area contributed by atoms with Crippen molar-refractivity contribution in [2.45, 2.75) is 25.1 Å². The molecule has 0 bridgehead atoms. The molecule has 9 nitrogen and oxygen atoms in total. The van der Waals surface area contributed by atoms with Gasteiger partial charge in [0, 0.05) is 54.7 Å². The summed E-state index contributed by atoms with van der Waals surface area (Å²) in [6, 6.07) is 10.7. The Morgan fingerprint density at radius 1 is 1.11 bits per heavy atom.